The molecule has 14 heavy (non-hydrogen) atoms. The van der Waals surface area contributed by atoms with Gasteiger partial charge in [-0.25, -0.2) is 0 Å². The van der Waals surface area contributed by atoms with E-state index in [1.807, 2.05) is 0 Å². The lowest BCUT2D eigenvalue weighted by atomic mass is 9.97. The first-order chi connectivity index (χ1) is 6.68. The molecule has 2 heteroatoms. The molecule has 1 amide bonds. The zero-order chi connectivity index (χ0) is 10.1. The molecule has 0 aromatic heterocycles. The fourth-order valence-corrected chi connectivity index (χ4v) is 2.48. The number of hydrogen-bond acceptors (Lipinski definition) is 1. The minimum absolute atomic E-state index is 0.292. The Hall–Kier alpha value is -0.530. The third-order valence-corrected chi connectivity index (χ3v) is 3.69. The second-order valence-electron chi connectivity index (χ2n) is 5.16. The third-order valence-electron chi connectivity index (χ3n) is 3.69. The van der Waals surface area contributed by atoms with Gasteiger partial charge in [0.25, 0.3) is 0 Å². The number of carbonyl (C=O) groups excluding carboxylic acids is 1. The van der Waals surface area contributed by atoms with Crippen molar-refractivity contribution in [2.45, 2.75) is 39.5 Å². The summed E-state index contributed by atoms with van der Waals surface area (Å²) in [4.78, 5) is 14.1. The van der Waals surface area contributed by atoms with Crippen LogP contribution >= 0.6 is 0 Å². The fraction of sp³-hybridized carbons (Fsp3) is 0.917. The average Bonchev–Trinajstić information content (AvgIpc) is 2.99. The normalized spacial score (nSPS) is 30.1. The number of hydrogen-bond donors (Lipinski definition) is 0. The van der Waals surface area contributed by atoms with Gasteiger partial charge < -0.3 is 4.90 Å². The molecule has 2 fully saturated rings. The van der Waals surface area contributed by atoms with Crippen LogP contribution in [0.1, 0.15) is 39.5 Å². The molecule has 2 rings (SSSR count). The molecule has 0 N–H and O–H groups in total. The van der Waals surface area contributed by atoms with Crippen molar-refractivity contribution < 1.29 is 4.79 Å². The molecule has 1 aliphatic heterocycles. The van der Waals surface area contributed by atoms with Gasteiger partial charge in [-0.3, -0.25) is 4.79 Å². The zero-order valence-corrected chi connectivity index (χ0v) is 9.33. The maximum absolute atomic E-state index is 12.1. The smallest absolute Gasteiger partial charge is 0.225 e. The van der Waals surface area contributed by atoms with Crippen molar-refractivity contribution >= 4 is 5.91 Å². The van der Waals surface area contributed by atoms with Crippen LogP contribution in [0.2, 0.25) is 0 Å². The molecule has 1 heterocycles. The van der Waals surface area contributed by atoms with E-state index >= 15 is 0 Å². The van der Waals surface area contributed by atoms with E-state index in [-0.39, 0.29) is 0 Å². The molecule has 2 unspecified atom stereocenters. The SMILES string of the molecule is CC1CCCN(C(=O)C(C)C2CC2)C1. The molecule has 80 valence electrons. The highest BCUT2D eigenvalue weighted by atomic mass is 16.2. The van der Waals surface area contributed by atoms with Gasteiger partial charge in [0.15, 0.2) is 0 Å². The Labute approximate surface area is 86.7 Å². The Bertz CT molecular complexity index is 222. The molecular formula is C12H21NO. The van der Waals surface area contributed by atoms with E-state index in [1.54, 1.807) is 0 Å². The molecule has 1 aliphatic carbocycles. The van der Waals surface area contributed by atoms with Crippen LogP contribution in [0.25, 0.3) is 0 Å². The van der Waals surface area contributed by atoms with Gasteiger partial charge in [-0.15, -0.1) is 0 Å². The zero-order valence-electron chi connectivity index (χ0n) is 9.33. The van der Waals surface area contributed by atoms with Crippen molar-refractivity contribution in [2.24, 2.45) is 17.8 Å². The molecule has 0 spiro atoms. The van der Waals surface area contributed by atoms with E-state index in [9.17, 15) is 4.79 Å². The molecule has 2 nitrogen and oxygen atoms in total. The minimum atomic E-state index is 0.292. The average molecular weight is 195 g/mol. The van der Waals surface area contributed by atoms with Crippen LogP contribution in [-0.4, -0.2) is 23.9 Å². The second-order valence-corrected chi connectivity index (χ2v) is 5.16. The van der Waals surface area contributed by atoms with Gasteiger partial charge >= 0.3 is 0 Å². The number of likely N-dealkylation sites (tertiary alicyclic amines) is 1. The Balaban J connectivity index is 1.89. The topological polar surface area (TPSA) is 20.3 Å². The largest absolute Gasteiger partial charge is 0.342 e. The van der Waals surface area contributed by atoms with Crippen LogP contribution < -0.4 is 0 Å². The molecular weight excluding hydrogens is 174 g/mol. The highest BCUT2D eigenvalue weighted by Gasteiger charge is 2.35. The summed E-state index contributed by atoms with van der Waals surface area (Å²) < 4.78 is 0. The van der Waals surface area contributed by atoms with E-state index in [1.165, 1.54) is 25.7 Å². The first kappa shape index (κ1) is 10.0. The lowest BCUT2D eigenvalue weighted by Gasteiger charge is -2.32. The summed E-state index contributed by atoms with van der Waals surface area (Å²) in [6, 6.07) is 0. The maximum Gasteiger partial charge on any atom is 0.225 e. The summed E-state index contributed by atoms with van der Waals surface area (Å²) >= 11 is 0. The van der Waals surface area contributed by atoms with Crippen molar-refractivity contribution in [3.63, 3.8) is 0 Å². The summed E-state index contributed by atoms with van der Waals surface area (Å²) in [7, 11) is 0. The van der Waals surface area contributed by atoms with E-state index in [0.717, 1.165) is 13.1 Å². The molecule has 0 aromatic rings. The Kier molecular flexibility index (Phi) is 2.80. The van der Waals surface area contributed by atoms with Crippen molar-refractivity contribution in [2.75, 3.05) is 13.1 Å². The van der Waals surface area contributed by atoms with Gasteiger partial charge in [-0.05, 0) is 37.5 Å². The summed E-state index contributed by atoms with van der Waals surface area (Å²) in [6.45, 7) is 6.36. The van der Waals surface area contributed by atoms with Crippen LogP contribution in [0.4, 0.5) is 0 Å². The highest BCUT2D eigenvalue weighted by molar-refractivity contribution is 5.79. The predicted octanol–water partition coefficient (Wildman–Crippen LogP) is 2.29. The molecule has 2 aliphatic rings. The molecule has 0 bridgehead atoms. The Morgan fingerprint density at radius 3 is 2.64 bits per heavy atom. The molecule has 2 atom stereocenters. The number of amides is 1. The van der Waals surface area contributed by atoms with Crippen molar-refractivity contribution in [1.82, 2.24) is 4.90 Å². The number of piperidine rings is 1. The molecule has 0 aromatic carbocycles. The van der Waals surface area contributed by atoms with Gasteiger partial charge in [-0.2, -0.15) is 0 Å². The van der Waals surface area contributed by atoms with E-state index in [0.29, 0.717) is 23.7 Å². The minimum Gasteiger partial charge on any atom is -0.342 e. The van der Waals surface area contributed by atoms with Crippen LogP contribution in [0.15, 0.2) is 0 Å². The summed E-state index contributed by atoms with van der Waals surface area (Å²) in [5.41, 5.74) is 0. The number of rotatable bonds is 2. The van der Waals surface area contributed by atoms with Crippen molar-refractivity contribution in [1.29, 1.82) is 0 Å². The van der Waals surface area contributed by atoms with Gasteiger partial charge in [0.2, 0.25) is 5.91 Å². The van der Waals surface area contributed by atoms with Gasteiger partial charge in [0.1, 0.15) is 0 Å². The van der Waals surface area contributed by atoms with Crippen molar-refractivity contribution in [3.8, 4) is 0 Å². The second kappa shape index (κ2) is 3.92. The quantitative estimate of drug-likeness (QED) is 0.662. The molecule has 1 saturated carbocycles. The van der Waals surface area contributed by atoms with Crippen LogP contribution in [0.3, 0.4) is 0 Å². The molecule has 0 radical (unpaired) electrons. The van der Waals surface area contributed by atoms with E-state index in [4.69, 9.17) is 0 Å². The maximum atomic E-state index is 12.1. The van der Waals surface area contributed by atoms with E-state index < -0.39 is 0 Å². The van der Waals surface area contributed by atoms with Crippen LogP contribution in [-0.2, 0) is 4.79 Å². The number of nitrogens with zero attached hydrogens (tertiary/aromatic N) is 1. The van der Waals surface area contributed by atoms with Gasteiger partial charge in [0, 0.05) is 19.0 Å². The predicted molar refractivity (Wildman–Crippen MR) is 56.9 cm³/mol. The summed E-state index contributed by atoms with van der Waals surface area (Å²) in [5.74, 6) is 2.12. The lowest BCUT2D eigenvalue weighted by molar-refractivity contribution is -0.137. The standard InChI is InChI=1S/C12H21NO/c1-9-4-3-7-13(8-9)12(14)10(2)11-5-6-11/h9-11H,3-8H2,1-2H3. The molecule has 1 saturated heterocycles. The first-order valence-corrected chi connectivity index (χ1v) is 5.97. The van der Waals surface area contributed by atoms with E-state index in [2.05, 4.69) is 18.7 Å². The highest BCUT2D eigenvalue weighted by Crippen LogP contribution is 2.37. The van der Waals surface area contributed by atoms with Crippen LogP contribution in [0.5, 0.6) is 0 Å². The van der Waals surface area contributed by atoms with Gasteiger partial charge in [0.05, 0.1) is 0 Å². The lowest BCUT2D eigenvalue weighted by Crippen LogP contribution is -2.42. The third kappa shape index (κ3) is 2.10. The van der Waals surface area contributed by atoms with Gasteiger partial charge in [-0.1, -0.05) is 13.8 Å². The number of carbonyl (C=O) groups is 1. The summed E-state index contributed by atoms with van der Waals surface area (Å²) in [6.07, 6.45) is 5.04. The van der Waals surface area contributed by atoms with Crippen LogP contribution in [0, 0.1) is 17.8 Å². The Morgan fingerprint density at radius 1 is 1.36 bits per heavy atom. The first-order valence-electron chi connectivity index (χ1n) is 5.97. The van der Waals surface area contributed by atoms with Crippen molar-refractivity contribution in [3.05, 3.63) is 0 Å². The summed E-state index contributed by atoms with van der Waals surface area (Å²) in [5, 5.41) is 0. The monoisotopic (exact) mass is 195 g/mol. The fourth-order valence-electron chi connectivity index (χ4n) is 2.48. The Morgan fingerprint density at radius 2 is 2.07 bits per heavy atom.